The van der Waals surface area contributed by atoms with E-state index in [4.69, 9.17) is 14.2 Å². The summed E-state index contributed by atoms with van der Waals surface area (Å²) in [6.45, 7) is 3.69. The Morgan fingerprint density at radius 2 is 1.00 bits per heavy atom. The average molecular weight is 258 g/mol. The fourth-order valence-electron chi connectivity index (χ4n) is 1.71. The van der Waals surface area contributed by atoms with E-state index >= 15 is 0 Å². The van der Waals surface area contributed by atoms with Crippen LogP contribution in [0.1, 0.15) is 13.8 Å². The lowest BCUT2D eigenvalue weighted by molar-refractivity contribution is -0.167. The van der Waals surface area contributed by atoms with Gasteiger partial charge in [0, 0.05) is 0 Å². The molecule has 0 fully saturated rings. The molecule has 100 valence electrons. The smallest absolute Gasteiger partial charge is 0.200 e. The van der Waals surface area contributed by atoms with E-state index in [0.29, 0.717) is 0 Å². The highest BCUT2D eigenvalue weighted by Gasteiger charge is 2.10. The van der Waals surface area contributed by atoms with Crippen LogP contribution in [0.3, 0.4) is 0 Å². The van der Waals surface area contributed by atoms with Crippen molar-refractivity contribution in [3.8, 4) is 11.5 Å². The van der Waals surface area contributed by atoms with E-state index in [0.717, 1.165) is 11.5 Å². The molecule has 19 heavy (non-hydrogen) atoms. The van der Waals surface area contributed by atoms with Gasteiger partial charge in [0.05, 0.1) is 0 Å². The van der Waals surface area contributed by atoms with Crippen molar-refractivity contribution >= 4 is 0 Å². The lowest BCUT2D eigenvalue weighted by atomic mass is 10.3. The van der Waals surface area contributed by atoms with Gasteiger partial charge in [-0.05, 0) is 38.1 Å². The van der Waals surface area contributed by atoms with Gasteiger partial charge >= 0.3 is 0 Å². The number of hydrogen-bond donors (Lipinski definition) is 0. The molecule has 2 unspecified atom stereocenters. The quantitative estimate of drug-likeness (QED) is 0.736. The average Bonchev–Trinajstić information content (AvgIpc) is 2.40. The van der Waals surface area contributed by atoms with Crippen molar-refractivity contribution < 1.29 is 14.2 Å². The van der Waals surface area contributed by atoms with Crippen molar-refractivity contribution in [3.05, 3.63) is 60.7 Å². The summed E-state index contributed by atoms with van der Waals surface area (Å²) in [7, 11) is 0. The molecule has 0 saturated carbocycles. The Morgan fingerprint density at radius 1 is 0.632 bits per heavy atom. The molecule has 0 heterocycles. The monoisotopic (exact) mass is 258 g/mol. The molecule has 0 aromatic heterocycles. The molecule has 2 aromatic carbocycles. The summed E-state index contributed by atoms with van der Waals surface area (Å²) in [4.78, 5) is 0. The maximum Gasteiger partial charge on any atom is 0.200 e. The van der Waals surface area contributed by atoms with Crippen molar-refractivity contribution in [2.75, 3.05) is 0 Å². The van der Waals surface area contributed by atoms with Crippen molar-refractivity contribution in [2.24, 2.45) is 0 Å². The fourth-order valence-corrected chi connectivity index (χ4v) is 1.71. The lowest BCUT2D eigenvalue weighted by Crippen LogP contribution is -2.26. The minimum absolute atomic E-state index is 0.374. The number of ether oxygens (including phenoxy) is 3. The second-order valence-corrected chi connectivity index (χ2v) is 4.13. The van der Waals surface area contributed by atoms with Crippen LogP contribution in [0.25, 0.3) is 0 Å². The molecule has 0 spiro atoms. The fraction of sp³-hybridized carbons (Fsp3) is 0.250. The van der Waals surface area contributed by atoms with Crippen LogP contribution >= 0.6 is 0 Å². The first-order valence-electron chi connectivity index (χ1n) is 6.33. The molecule has 3 nitrogen and oxygen atoms in total. The first kappa shape index (κ1) is 13.4. The number of hydrogen-bond acceptors (Lipinski definition) is 3. The standard InChI is InChI=1S/C16H18O3/c1-13(18-15-9-5-3-6-10-15)17-14(2)19-16-11-7-4-8-12-16/h3-14H,1-2H3. The summed E-state index contributed by atoms with van der Waals surface area (Å²) in [5.74, 6) is 1.56. The third kappa shape index (κ3) is 4.64. The maximum absolute atomic E-state index is 5.62. The van der Waals surface area contributed by atoms with E-state index in [9.17, 15) is 0 Å². The molecule has 2 rings (SSSR count). The van der Waals surface area contributed by atoms with Gasteiger partial charge in [-0.3, -0.25) is 0 Å². The third-order valence-corrected chi connectivity index (χ3v) is 2.47. The van der Waals surface area contributed by atoms with Gasteiger partial charge in [-0.2, -0.15) is 0 Å². The van der Waals surface area contributed by atoms with Gasteiger partial charge in [0.2, 0.25) is 12.6 Å². The van der Waals surface area contributed by atoms with Crippen molar-refractivity contribution in [2.45, 2.75) is 26.4 Å². The molecule has 2 atom stereocenters. The van der Waals surface area contributed by atoms with Crippen molar-refractivity contribution in [3.63, 3.8) is 0 Å². The van der Waals surface area contributed by atoms with E-state index < -0.39 is 0 Å². The van der Waals surface area contributed by atoms with Crippen LogP contribution in [-0.4, -0.2) is 12.6 Å². The predicted octanol–water partition coefficient (Wildman–Crippen LogP) is 3.85. The summed E-state index contributed by atoms with van der Waals surface area (Å²) in [5, 5.41) is 0. The molecule has 0 amide bonds. The molecule has 3 heteroatoms. The second-order valence-electron chi connectivity index (χ2n) is 4.13. The van der Waals surface area contributed by atoms with Gasteiger partial charge in [0.15, 0.2) is 0 Å². The molecule has 0 radical (unpaired) electrons. The molecule has 0 aliphatic heterocycles. The molecule has 0 saturated heterocycles. The molecular formula is C16H18O3. The molecule has 0 N–H and O–H groups in total. The Labute approximate surface area is 113 Å². The summed E-state index contributed by atoms with van der Waals surface area (Å²) >= 11 is 0. The maximum atomic E-state index is 5.62. The van der Waals surface area contributed by atoms with Crippen molar-refractivity contribution in [1.29, 1.82) is 0 Å². The second kappa shape index (κ2) is 6.81. The Balaban J connectivity index is 1.80. The number of benzene rings is 2. The highest BCUT2D eigenvalue weighted by atomic mass is 16.8. The Morgan fingerprint density at radius 3 is 1.37 bits per heavy atom. The van der Waals surface area contributed by atoms with E-state index in [2.05, 4.69) is 0 Å². The van der Waals surface area contributed by atoms with E-state index in [-0.39, 0.29) is 12.6 Å². The van der Waals surface area contributed by atoms with Crippen LogP contribution < -0.4 is 9.47 Å². The normalized spacial score (nSPS) is 13.6. The van der Waals surface area contributed by atoms with Gasteiger partial charge in [-0.15, -0.1) is 0 Å². The van der Waals surface area contributed by atoms with Crippen molar-refractivity contribution in [1.82, 2.24) is 0 Å². The minimum Gasteiger partial charge on any atom is -0.465 e. The van der Waals surface area contributed by atoms with Gasteiger partial charge in [-0.25, -0.2) is 0 Å². The highest BCUT2D eigenvalue weighted by Crippen LogP contribution is 2.15. The Bertz CT molecular complexity index is 424. The number of rotatable bonds is 6. The topological polar surface area (TPSA) is 27.7 Å². The van der Waals surface area contributed by atoms with Crippen LogP contribution in [-0.2, 0) is 4.74 Å². The molecule has 0 aliphatic rings. The highest BCUT2D eigenvalue weighted by molar-refractivity contribution is 5.21. The van der Waals surface area contributed by atoms with E-state index in [1.165, 1.54) is 0 Å². The Hall–Kier alpha value is -2.00. The zero-order valence-electron chi connectivity index (χ0n) is 11.2. The van der Waals surface area contributed by atoms with Gasteiger partial charge in [-0.1, -0.05) is 36.4 Å². The first-order valence-corrected chi connectivity index (χ1v) is 6.33. The SMILES string of the molecule is CC(Oc1ccccc1)OC(C)Oc1ccccc1. The Kier molecular flexibility index (Phi) is 4.81. The van der Waals surface area contributed by atoms with Crippen LogP contribution in [0.2, 0.25) is 0 Å². The minimum atomic E-state index is -0.374. The van der Waals surface area contributed by atoms with Crippen LogP contribution in [0, 0.1) is 0 Å². The van der Waals surface area contributed by atoms with Crippen LogP contribution in [0.4, 0.5) is 0 Å². The van der Waals surface area contributed by atoms with Crippen LogP contribution in [0.5, 0.6) is 11.5 Å². The third-order valence-electron chi connectivity index (χ3n) is 2.47. The van der Waals surface area contributed by atoms with E-state index in [1.807, 2.05) is 74.5 Å². The van der Waals surface area contributed by atoms with Crippen LogP contribution in [0.15, 0.2) is 60.7 Å². The zero-order valence-corrected chi connectivity index (χ0v) is 11.2. The molecule has 0 bridgehead atoms. The summed E-state index contributed by atoms with van der Waals surface area (Å²) in [6, 6.07) is 19.1. The summed E-state index contributed by atoms with van der Waals surface area (Å²) < 4.78 is 16.9. The first-order chi connectivity index (χ1) is 9.24. The van der Waals surface area contributed by atoms with E-state index in [1.54, 1.807) is 0 Å². The van der Waals surface area contributed by atoms with Gasteiger partial charge in [0.25, 0.3) is 0 Å². The zero-order chi connectivity index (χ0) is 13.5. The summed E-state index contributed by atoms with van der Waals surface area (Å²) in [6.07, 6.45) is -0.748. The van der Waals surface area contributed by atoms with Gasteiger partial charge < -0.3 is 14.2 Å². The van der Waals surface area contributed by atoms with Gasteiger partial charge in [0.1, 0.15) is 11.5 Å². The lowest BCUT2D eigenvalue weighted by Gasteiger charge is -2.21. The predicted molar refractivity (Wildman–Crippen MR) is 74.1 cm³/mol. The number of para-hydroxylation sites is 2. The summed E-state index contributed by atoms with van der Waals surface area (Å²) in [5.41, 5.74) is 0. The molecule has 2 aromatic rings. The molecule has 0 aliphatic carbocycles. The largest absolute Gasteiger partial charge is 0.465 e. The molecular weight excluding hydrogens is 240 g/mol.